The van der Waals surface area contributed by atoms with Crippen molar-refractivity contribution in [3.63, 3.8) is 0 Å². The Labute approximate surface area is 146 Å². The van der Waals surface area contributed by atoms with E-state index in [2.05, 4.69) is 21.1 Å². The third-order valence-electron chi connectivity index (χ3n) is 3.34. The average molecular weight is 336 g/mol. The van der Waals surface area contributed by atoms with Crippen LogP contribution in [0.2, 0.25) is 0 Å². The molecule has 0 saturated carbocycles. The average Bonchev–Trinajstić information content (AvgIpc) is 2.62. The monoisotopic (exact) mass is 336 g/mol. The lowest BCUT2D eigenvalue weighted by atomic mass is 10.1. The van der Waals surface area contributed by atoms with Gasteiger partial charge in [0.05, 0.1) is 11.4 Å². The van der Waals surface area contributed by atoms with Crippen LogP contribution in [0.25, 0.3) is 0 Å². The molecular formula is C19H20N4O2. The van der Waals surface area contributed by atoms with Crippen LogP contribution < -0.4 is 10.9 Å². The predicted octanol–water partition coefficient (Wildman–Crippen LogP) is 3.49. The summed E-state index contributed by atoms with van der Waals surface area (Å²) in [5.74, 6) is -0.450. The van der Waals surface area contributed by atoms with Gasteiger partial charge in [0, 0.05) is 20.3 Å². The van der Waals surface area contributed by atoms with Crippen LogP contribution in [-0.2, 0) is 9.59 Å². The maximum atomic E-state index is 11.8. The van der Waals surface area contributed by atoms with Gasteiger partial charge in [-0.15, -0.1) is 0 Å². The van der Waals surface area contributed by atoms with Crippen molar-refractivity contribution in [2.75, 3.05) is 10.9 Å². The summed E-state index contributed by atoms with van der Waals surface area (Å²) in [4.78, 5) is 23.7. The minimum Gasteiger partial charge on any atom is -0.293 e. The largest absolute Gasteiger partial charge is 0.293 e. The van der Waals surface area contributed by atoms with Gasteiger partial charge >= 0.3 is 0 Å². The molecule has 0 aromatic heterocycles. The van der Waals surface area contributed by atoms with Crippen LogP contribution in [-0.4, -0.2) is 23.0 Å². The Morgan fingerprint density at radius 1 is 0.720 bits per heavy atom. The van der Waals surface area contributed by atoms with Crippen LogP contribution >= 0.6 is 0 Å². The van der Waals surface area contributed by atoms with Gasteiger partial charge in [0.2, 0.25) is 0 Å². The minimum atomic E-state index is -0.225. The maximum absolute atomic E-state index is 11.8. The van der Waals surface area contributed by atoms with Crippen LogP contribution in [0.15, 0.2) is 70.9 Å². The Morgan fingerprint density at radius 3 is 1.40 bits per heavy atom. The van der Waals surface area contributed by atoms with Crippen LogP contribution in [0.5, 0.6) is 0 Å². The first-order valence-electron chi connectivity index (χ1n) is 7.83. The maximum Gasteiger partial charge on any atom is 0.176 e. The van der Waals surface area contributed by atoms with Crippen LogP contribution in [0.3, 0.4) is 0 Å². The highest BCUT2D eigenvalue weighted by Gasteiger charge is 2.15. The second-order valence-electron chi connectivity index (χ2n) is 5.36. The summed E-state index contributed by atoms with van der Waals surface area (Å²) in [7, 11) is 0. The molecule has 0 bridgehead atoms. The molecule has 0 atom stereocenters. The highest BCUT2D eigenvalue weighted by molar-refractivity contribution is 6.50. The van der Waals surface area contributed by atoms with Gasteiger partial charge in [-0.3, -0.25) is 20.4 Å². The highest BCUT2D eigenvalue weighted by atomic mass is 16.1. The van der Waals surface area contributed by atoms with Gasteiger partial charge < -0.3 is 0 Å². The molecule has 0 aliphatic rings. The SMILES string of the molecule is CC(=O)C(CC(=NNc1ccccc1)C(C)=O)=NNc1ccccc1. The summed E-state index contributed by atoms with van der Waals surface area (Å²) >= 11 is 0. The summed E-state index contributed by atoms with van der Waals surface area (Å²) in [5.41, 5.74) is 7.62. The zero-order chi connectivity index (χ0) is 18.1. The van der Waals surface area contributed by atoms with Gasteiger partial charge in [-0.25, -0.2) is 0 Å². The number of anilines is 2. The molecule has 25 heavy (non-hydrogen) atoms. The second kappa shape index (κ2) is 9.12. The van der Waals surface area contributed by atoms with Crippen molar-refractivity contribution >= 4 is 34.4 Å². The number of hydrazone groups is 2. The van der Waals surface area contributed by atoms with Crippen LogP contribution in [0, 0.1) is 0 Å². The number of nitrogens with zero attached hydrogens (tertiary/aromatic N) is 2. The van der Waals surface area contributed by atoms with Gasteiger partial charge in [-0.2, -0.15) is 10.2 Å². The van der Waals surface area contributed by atoms with Gasteiger partial charge in [-0.1, -0.05) is 36.4 Å². The lowest BCUT2D eigenvalue weighted by molar-refractivity contribution is -0.111. The van der Waals surface area contributed by atoms with Crippen molar-refractivity contribution in [1.82, 2.24) is 0 Å². The molecule has 2 N–H and O–H groups in total. The summed E-state index contributed by atoms with van der Waals surface area (Å²) in [6.45, 7) is 2.82. The zero-order valence-corrected chi connectivity index (χ0v) is 14.2. The third-order valence-corrected chi connectivity index (χ3v) is 3.34. The Bertz CT molecular complexity index is 716. The number of carbonyl (C=O) groups excluding carboxylic acids is 2. The fourth-order valence-electron chi connectivity index (χ4n) is 1.93. The lowest BCUT2D eigenvalue weighted by Crippen LogP contribution is -2.22. The van der Waals surface area contributed by atoms with Gasteiger partial charge in [0.1, 0.15) is 11.4 Å². The summed E-state index contributed by atoms with van der Waals surface area (Å²) in [6.07, 6.45) is 0.0460. The van der Waals surface area contributed by atoms with Gasteiger partial charge in [0.25, 0.3) is 0 Å². The van der Waals surface area contributed by atoms with Crippen LogP contribution in [0.1, 0.15) is 20.3 Å². The first-order valence-corrected chi connectivity index (χ1v) is 7.83. The fourth-order valence-corrected chi connectivity index (χ4v) is 1.93. The highest BCUT2D eigenvalue weighted by Crippen LogP contribution is 2.07. The van der Waals surface area contributed by atoms with E-state index < -0.39 is 0 Å². The molecule has 2 aromatic rings. The lowest BCUT2D eigenvalue weighted by Gasteiger charge is -2.07. The zero-order valence-electron chi connectivity index (χ0n) is 14.2. The molecule has 0 spiro atoms. The van der Waals surface area contributed by atoms with E-state index in [0.717, 1.165) is 11.4 Å². The molecule has 0 saturated heterocycles. The van der Waals surface area contributed by atoms with E-state index in [1.165, 1.54) is 13.8 Å². The summed E-state index contributed by atoms with van der Waals surface area (Å²) < 4.78 is 0. The Kier molecular flexibility index (Phi) is 6.59. The van der Waals surface area contributed by atoms with E-state index in [0.29, 0.717) is 0 Å². The first-order chi connectivity index (χ1) is 12.1. The molecule has 0 heterocycles. The van der Waals surface area contributed by atoms with Crippen molar-refractivity contribution in [2.24, 2.45) is 10.2 Å². The van der Waals surface area contributed by atoms with Crippen molar-refractivity contribution in [3.05, 3.63) is 60.7 Å². The van der Waals surface area contributed by atoms with Crippen molar-refractivity contribution in [3.8, 4) is 0 Å². The van der Waals surface area contributed by atoms with E-state index in [-0.39, 0.29) is 29.4 Å². The smallest absolute Gasteiger partial charge is 0.176 e. The quantitative estimate of drug-likeness (QED) is 0.571. The molecule has 0 radical (unpaired) electrons. The van der Waals surface area contributed by atoms with Crippen molar-refractivity contribution in [2.45, 2.75) is 20.3 Å². The second-order valence-corrected chi connectivity index (χ2v) is 5.36. The topological polar surface area (TPSA) is 82.9 Å². The molecule has 6 nitrogen and oxygen atoms in total. The van der Waals surface area contributed by atoms with Gasteiger partial charge in [-0.05, 0) is 24.3 Å². The fraction of sp³-hybridized carbons (Fsp3) is 0.158. The third kappa shape index (κ3) is 6.02. The van der Waals surface area contributed by atoms with Crippen molar-refractivity contribution < 1.29 is 9.59 Å². The van der Waals surface area contributed by atoms with E-state index in [4.69, 9.17) is 0 Å². The number of Topliss-reactive ketones (excluding diaryl/α,β-unsaturated/α-hetero) is 2. The van der Waals surface area contributed by atoms with E-state index in [1.54, 1.807) is 0 Å². The molecule has 0 aliphatic heterocycles. The van der Waals surface area contributed by atoms with Gasteiger partial charge in [0.15, 0.2) is 11.6 Å². The molecular weight excluding hydrogens is 316 g/mol. The Balaban J connectivity index is 2.13. The number of nitrogens with one attached hydrogen (secondary N) is 2. The number of carbonyl (C=O) groups is 2. The molecule has 2 rings (SSSR count). The number of rotatable bonds is 8. The van der Waals surface area contributed by atoms with E-state index in [9.17, 15) is 9.59 Å². The number of hydrogen-bond acceptors (Lipinski definition) is 6. The molecule has 0 fully saturated rings. The normalized spacial score (nSPS) is 11.8. The standard InChI is InChI=1S/C19H20N4O2/c1-14(24)18(22-20-16-9-5-3-6-10-16)13-19(15(2)25)23-21-17-11-7-4-8-12-17/h3-12,20-21H,13H2,1-2H3. The van der Waals surface area contributed by atoms with E-state index in [1.807, 2.05) is 60.7 Å². The molecule has 0 unspecified atom stereocenters. The van der Waals surface area contributed by atoms with Crippen molar-refractivity contribution in [1.29, 1.82) is 0 Å². The molecule has 2 aromatic carbocycles. The van der Waals surface area contributed by atoms with Crippen LogP contribution in [0.4, 0.5) is 11.4 Å². The number of benzene rings is 2. The number of para-hydroxylation sites is 2. The summed E-state index contributed by atoms with van der Waals surface area (Å²) in [5, 5.41) is 8.25. The molecule has 0 amide bonds. The molecule has 128 valence electrons. The summed E-state index contributed by atoms with van der Waals surface area (Å²) in [6, 6.07) is 18.5. The Morgan fingerprint density at radius 2 is 1.08 bits per heavy atom. The Hall–Kier alpha value is -3.28. The predicted molar refractivity (Wildman–Crippen MR) is 101 cm³/mol. The van der Waals surface area contributed by atoms with E-state index >= 15 is 0 Å². The number of ketones is 2. The molecule has 6 heteroatoms. The minimum absolute atomic E-state index is 0.0460. The number of hydrogen-bond donors (Lipinski definition) is 2. The first kappa shape index (κ1) is 18.1. The molecule has 0 aliphatic carbocycles.